The van der Waals surface area contributed by atoms with Gasteiger partial charge in [0.05, 0.1) is 25.0 Å². The number of halogens is 4. The van der Waals surface area contributed by atoms with E-state index in [1.54, 1.807) is 7.05 Å². The molecule has 0 amide bonds. The number of nitrogens with zero attached hydrogens (tertiary/aromatic N) is 5. The summed E-state index contributed by atoms with van der Waals surface area (Å²) in [6.45, 7) is 9.42. The second-order valence-corrected chi connectivity index (χ2v) is 8.44. The number of hydrogen-bond acceptors (Lipinski definition) is 7. The van der Waals surface area contributed by atoms with Crippen LogP contribution in [0.1, 0.15) is 25.5 Å². The summed E-state index contributed by atoms with van der Waals surface area (Å²) in [6, 6.07) is 10.8. The number of pyridine rings is 1. The molecular formula is C26H35Cl3FN5O3. The van der Waals surface area contributed by atoms with E-state index in [9.17, 15) is 9.18 Å². The maximum Gasteiger partial charge on any atom is 0.255 e. The summed E-state index contributed by atoms with van der Waals surface area (Å²) < 4.78 is 27.7. The molecule has 0 N–H and O–H groups in total. The van der Waals surface area contributed by atoms with Crippen LogP contribution in [0.15, 0.2) is 53.6 Å². The van der Waals surface area contributed by atoms with Gasteiger partial charge in [-0.2, -0.15) is 0 Å². The second-order valence-electron chi connectivity index (χ2n) is 8.44. The van der Waals surface area contributed by atoms with Crippen molar-refractivity contribution in [2.24, 2.45) is 7.05 Å². The Morgan fingerprint density at radius 1 is 1.13 bits per heavy atom. The molecule has 0 aliphatic carbocycles. The number of ether oxygens (including phenoxy) is 2. The Balaban J connectivity index is 0.00000241. The monoisotopic (exact) mass is 589 g/mol. The molecule has 4 rings (SSSR count). The lowest BCUT2D eigenvalue weighted by Gasteiger charge is -2.34. The van der Waals surface area contributed by atoms with Gasteiger partial charge in [-0.25, -0.2) is 9.37 Å². The average Bonchev–Trinajstić information content (AvgIpc) is 2.89. The zero-order valence-corrected chi connectivity index (χ0v) is 24.2. The standard InChI is InChI=1S/C26H32FN5O3.3ClH/c1-4-31(5-2)12-14-34-20-8-6-19(7-9-20)24-18-32(13-15-35-24)26-29-23(16-25(33)30(26)3)21-10-11-28-17-22(21)27;;;/h6-11,16-17,24H,4-5,12-15,18H2,1-3H3;3*1H/t24-;;;/m1.../s1. The number of benzene rings is 1. The molecule has 12 heteroatoms. The van der Waals surface area contributed by atoms with E-state index in [2.05, 4.69) is 28.7 Å². The topological polar surface area (TPSA) is 72.7 Å². The molecule has 38 heavy (non-hydrogen) atoms. The fraction of sp³-hybridized carbons (Fsp3) is 0.423. The molecule has 1 saturated heterocycles. The van der Waals surface area contributed by atoms with E-state index in [1.807, 2.05) is 29.2 Å². The van der Waals surface area contributed by atoms with Gasteiger partial charge in [-0.15, -0.1) is 37.2 Å². The highest BCUT2D eigenvalue weighted by Gasteiger charge is 2.25. The van der Waals surface area contributed by atoms with E-state index in [1.165, 1.54) is 22.9 Å². The minimum Gasteiger partial charge on any atom is -0.492 e. The van der Waals surface area contributed by atoms with Crippen LogP contribution < -0.4 is 15.2 Å². The van der Waals surface area contributed by atoms with E-state index >= 15 is 0 Å². The average molecular weight is 591 g/mol. The summed E-state index contributed by atoms with van der Waals surface area (Å²) in [6.07, 6.45) is 2.42. The Morgan fingerprint density at radius 2 is 1.84 bits per heavy atom. The summed E-state index contributed by atoms with van der Waals surface area (Å²) in [5.41, 5.74) is 1.31. The van der Waals surface area contributed by atoms with Crippen LogP contribution in [-0.4, -0.2) is 65.4 Å². The van der Waals surface area contributed by atoms with E-state index in [0.717, 1.165) is 37.1 Å². The van der Waals surface area contributed by atoms with Crippen molar-refractivity contribution < 1.29 is 13.9 Å². The van der Waals surface area contributed by atoms with Gasteiger partial charge in [-0.1, -0.05) is 26.0 Å². The van der Waals surface area contributed by atoms with Crippen LogP contribution in [0.25, 0.3) is 11.3 Å². The van der Waals surface area contributed by atoms with Crippen LogP contribution in [-0.2, 0) is 11.8 Å². The predicted molar refractivity (Wildman–Crippen MR) is 155 cm³/mol. The lowest BCUT2D eigenvalue weighted by Crippen LogP contribution is -2.41. The molecule has 1 aromatic carbocycles. The van der Waals surface area contributed by atoms with Crippen molar-refractivity contribution in [1.29, 1.82) is 0 Å². The lowest BCUT2D eigenvalue weighted by atomic mass is 10.1. The normalized spacial score (nSPS) is 14.8. The number of likely N-dealkylation sites (N-methyl/N-ethyl adjacent to an activating group) is 1. The highest BCUT2D eigenvalue weighted by molar-refractivity contribution is 5.86. The van der Waals surface area contributed by atoms with Gasteiger partial charge in [0.25, 0.3) is 5.56 Å². The molecule has 3 aromatic rings. The molecule has 8 nitrogen and oxygen atoms in total. The van der Waals surface area contributed by atoms with Gasteiger partial charge in [0.2, 0.25) is 5.95 Å². The molecule has 210 valence electrons. The smallest absolute Gasteiger partial charge is 0.255 e. The van der Waals surface area contributed by atoms with Crippen LogP contribution in [0.3, 0.4) is 0 Å². The van der Waals surface area contributed by atoms with Crippen LogP contribution >= 0.6 is 37.2 Å². The van der Waals surface area contributed by atoms with Crippen molar-refractivity contribution in [2.45, 2.75) is 20.0 Å². The summed E-state index contributed by atoms with van der Waals surface area (Å²) in [5.74, 6) is 0.788. The molecular weight excluding hydrogens is 556 g/mol. The summed E-state index contributed by atoms with van der Waals surface area (Å²) in [4.78, 5) is 25.4. The van der Waals surface area contributed by atoms with Gasteiger partial charge in [-0.05, 0) is 36.9 Å². The molecule has 1 aliphatic rings. The minimum atomic E-state index is -0.515. The van der Waals surface area contributed by atoms with Gasteiger partial charge in [0.1, 0.15) is 18.5 Å². The summed E-state index contributed by atoms with van der Waals surface area (Å²) >= 11 is 0. The van der Waals surface area contributed by atoms with Crippen molar-refractivity contribution >= 4 is 43.2 Å². The molecule has 0 radical (unpaired) electrons. The first-order valence-corrected chi connectivity index (χ1v) is 12.0. The van der Waals surface area contributed by atoms with Crippen LogP contribution in [0.4, 0.5) is 10.3 Å². The lowest BCUT2D eigenvalue weighted by molar-refractivity contribution is 0.0389. The third-order valence-electron chi connectivity index (χ3n) is 6.33. The van der Waals surface area contributed by atoms with Crippen LogP contribution in [0.2, 0.25) is 0 Å². The molecule has 0 spiro atoms. The van der Waals surface area contributed by atoms with Crippen molar-refractivity contribution in [3.63, 3.8) is 0 Å². The largest absolute Gasteiger partial charge is 0.492 e. The Kier molecular flexibility index (Phi) is 14.0. The molecule has 3 heterocycles. The third kappa shape index (κ3) is 8.04. The SMILES string of the molecule is CCN(CC)CCOc1ccc([C@H]2CN(c3nc(-c4ccncc4F)cc(=O)n3C)CCO2)cc1.Cl.Cl.Cl. The Hall–Kier alpha value is -2.43. The molecule has 0 bridgehead atoms. The third-order valence-corrected chi connectivity index (χ3v) is 6.33. The van der Waals surface area contributed by atoms with Gasteiger partial charge >= 0.3 is 0 Å². The molecule has 1 fully saturated rings. The Morgan fingerprint density at radius 3 is 2.50 bits per heavy atom. The van der Waals surface area contributed by atoms with E-state index in [0.29, 0.717) is 32.3 Å². The first kappa shape index (κ1) is 33.6. The number of hydrogen-bond donors (Lipinski definition) is 0. The van der Waals surface area contributed by atoms with E-state index < -0.39 is 5.82 Å². The fourth-order valence-corrected chi connectivity index (χ4v) is 4.17. The van der Waals surface area contributed by atoms with Gasteiger partial charge in [0.15, 0.2) is 5.82 Å². The number of rotatable bonds is 9. The maximum atomic E-state index is 14.3. The van der Waals surface area contributed by atoms with E-state index in [-0.39, 0.29) is 60.1 Å². The molecule has 0 saturated carbocycles. The fourth-order valence-electron chi connectivity index (χ4n) is 4.17. The van der Waals surface area contributed by atoms with Crippen molar-refractivity contribution in [2.75, 3.05) is 50.8 Å². The van der Waals surface area contributed by atoms with Crippen molar-refractivity contribution in [3.8, 4) is 17.0 Å². The maximum absolute atomic E-state index is 14.3. The van der Waals surface area contributed by atoms with E-state index in [4.69, 9.17) is 9.47 Å². The van der Waals surface area contributed by atoms with Crippen molar-refractivity contribution in [3.05, 3.63) is 70.5 Å². The molecule has 1 aliphatic heterocycles. The minimum absolute atomic E-state index is 0. The second kappa shape index (κ2) is 15.9. The first-order valence-electron chi connectivity index (χ1n) is 12.0. The molecule has 1 atom stereocenters. The quantitative estimate of drug-likeness (QED) is 0.362. The van der Waals surface area contributed by atoms with Gasteiger partial charge in [0, 0.05) is 38.0 Å². The zero-order chi connectivity index (χ0) is 24.8. The predicted octanol–water partition coefficient (Wildman–Crippen LogP) is 4.55. The van der Waals surface area contributed by atoms with Crippen molar-refractivity contribution in [1.82, 2.24) is 19.4 Å². The highest BCUT2D eigenvalue weighted by Crippen LogP contribution is 2.27. The first-order chi connectivity index (χ1) is 17.0. The van der Waals surface area contributed by atoms with Gasteiger partial charge < -0.3 is 19.3 Å². The van der Waals surface area contributed by atoms with Crippen LogP contribution in [0.5, 0.6) is 5.75 Å². The summed E-state index contributed by atoms with van der Waals surface area (Å²) in [7, 11) is 1.67. The number of anilines is 1. The zero-order valence-electron chi connectivity index (χ0n) is 21.7. The number of aromatic nitrogens is 3. The number of morpholine rings is 1. The van der Waals surface area contributed by atoms with Gasteiger partial charge in [-0.3, -0.25) is 14.3 Å². The summed E-state index contributed by atoms with van der Waals surface area (Å²) in [5, 5.41) is 0. The Bertz CT molecular complexity index is 1200. The highest BCUT2D eigenvalue weighted by atomic mass is 35.5. The van der Waals surface area contributed by atoms with Crippen LogP contribution in [0, 0.1) is 5.82 Å². The molecule has 2 aromatic heterocycles. The molecule has 0 unspecified atom stereocenters. The Labute approximate surface area is 241 Å².